The molecule has 0 aliphatic carbocycles. The van der Waals surface area contributed by atoms with Gasteiger partial charge in [-0.15, -0.1) is 0 Å². The molecule has 0 saturated heterocycles. The van der Waals surface area contributed by atoms with Crippen LogP contribution in [0.5, 0.6) is 0 Å². The van der Waals surface area contributed by atoms with Gasteiger partial charge in [-0.3, -0.25) is 4.72 Å². The number of hydrogen-bond acceptors (Lipinski definition) is 4. The van der Waals surface area contributed by atoms with Crippen LogP contribution >= 0.6 is 15.9 Å². The Morgan fingerprint density at radius 1 is 1.24 bits per heavy atom. The molecule has 3 N–H and O–H groups in total. The maximum absolute atomic E-state index is 13.3. The SMILES string of the molecule is Cc1cc(F)c(N)cc1S(=O)(=O)Nc1ncc(Br)cc1C. The fourth-order valence-corrected chi connectivity index (χ4v) is 3.58. The molecule has 5 nitrogen and oxygen atoms in total. The van der Waals surface area contributed by atoms with Gasteiger partial charge in [-0.1, -0.05) is 0 Å². The third-order valence-electron chi connectivity index (χ3n) is 2.86. The van der Waals surface area contributed by atoms with Gasteiger partial charge in [0.15, 0.2) is 0 Å². The fraction of sp³-hybridized carbons (Fsp3) is 0.154. The Balaban J connectivity index is 2.46. The summed E-state index contributed by atoms with van der Waals surface area (Å²) in [6.45, 7) is 3.22. The molecule has 0 unspecified atom stereocenters. The Morgan fingerprint density at radius 2 is 1.90 bits per heavy atom. The summed E-state index contributed by atoms with van der Waals surface area (Å²) >= 11 is 3.25. The number of rotatable bonds is 3. The van der Waals surface area contributed by atoms with Crippen molar-refractivity contribution < 1.29 is 12.8 Å². The molecule has 2 aromatic rings. The van der Waals surface area contributed by atoms with Crippen LogP contribution in [0.25, 0.3) is 0 Å². The van der Waals surface area contributed by atoms with Gasteiger partial charge in [0.1, 0.15) is 11.6 Å². The molecule has 0 aliphatic heterocycles. The highest BCUT2D eigenvalue weighted by Gasteiger charge is 2.20. The molecule has 2 rings (SSSR count). The van der Waals surface area contributed by atoms with Crippen molar-refractivity contribution in [2.24, 2.45) is 0 Å². The molecule has 0 amide bonds. The topological polar surface area (TPSA) is 85.1 Å². The minimum atomic E-state index is -3.89. The van der Waals surface area contributed by atoms with Gasteiger partial charge in [-0.25, -0.2) is 17.8 Å². The third kappa shape index (κ3) is 3.33. The van der Waals surface area contributed by atoms with E-state index in [1.165, 1.54) is 13.1 Å². The largest absolute Gasteiger partial charge is 0.396 e. The van der Waals surface area contributed by atoms with E-state index in [1.54, 1.807) is 13.0 Å². The Labute approximate surface area is 130 Å². The van der Waals surface area contributed by atoms with E-state index >= 15 is 0 Å². The molecule has 1 heterocycles. The van der Waals surface area contributed by atoms with Gasteiger partial charge in [0.05, 0.1) is 10.6 Å². The third-order valence-corrected chi connectivity index (χ3v) is 4.77. The van der Waals surface area contributed by atoms with Crippen LogP contribution in [-0.4, -0.2) is 13.4 Å². The Kier molecular flexibility index (Phi) is 4.20. The van der Waals surface area contributed by atoms with Gasteiger partial charge >= 0.3 is 0 Å². The van der Waals surface area contributed by atoms with E-state index in [0.717, 1.165) is 16.6 Å². The van der Waals surface area contributed by atoms with Crippen LogP contribution in [0.15, 0.2) is 33.8 Å². The molecule has 0 fully saturated rings. The number of benzene rings is 1. The van der Waals surface area contributed by atoms with Crippen LogP contribution in [0.3, 0.4) is 0 Å². The highest BCUT2D eigenvalue weighted by Crippen LogP contribution is 2.25. The van der Waals surface area contributed by atoms with Crippen LogP contribution in [0.2, 0.25) is 0 Å². The predicted octanol–water partition coefficient (Wildman–Crippen LogP) is 2.98. The van der Waals surface area contributed by atoms with Crippen LogP contribution in [-0.2, 0) is 10.0 Å². The number of hydrogen-bond donors (Lipinski definition) is 2. The number of aryl methyl sites for hydroxylation is 2. The first kappa shape index (κ1) is 15.7. The van der Waals surface area contributed by atoms with Gasteiger partial charge in [0.25, 0.3) is 10.0 Å². The second-order valence-corrected chi connectivity index (χ2v) is 7.13. The predicted molar refractivity (Wildman–Crippen MR) is 83.0 cm³/mol. The zero-order valence-corrected chi connectivity index (χ0v) is 13.7. The summed E-state index contributed by atoms with van der Waals surface area (Å²) in [5, 5.41) is 0. The van der Waals surface area contributed by atoms with E-state index in [4.69, 9.17) is 5.73 Å². The number of halogens is 2. The molecule has 1 aromatic carbocycles. The lowest BCUT2D eigenvalue weighted by Gasteiger charge is -2.12. The molecule has 0 aliphatic rings. The second-order valence-electron chi connectivity index (χ2n) is 4.56. The van der Waals surface area contributed by atoms with Gasteiger partial charge in [-0.2, -0.15) is 0 Å². The van der Waals surface area contributed by atoms with Crippen molar-refractivity contribution in [2.45, 2.75) is 18.7 Å². The standard InChI is InChI=1S/C13H13BrFN3O2S/c1-7-4-10(15)11(16)5-12(7)21(19,20)18-13-8(2)3-9(14)6-17-13/h3-6H,16H2,1-2H3,(H,17,18). The molecule has 0 spiro atoms. The Hall–Kier alpha value is -1.67. The number of nitrogen functional groups attached to an aromatic ring is 1. The van der Waals surface area contributed by atoms with Crippen LogP contribution in [0.1, 0.15) is 11.1 Å². The van der Waals surface area contributed by atoms with E-state index in [-0.39, 0.29) is 22.0 Å². The lowest BCUT2D eigenvalue weighted by molar-refractivity contribution is 0.599. The first-order valence-corrected chi connectivity index (χ1v) is 8.19. The number of pyridine rings is 1. The van der Waals surface area contributed by atoms with E-state index in [1.807, 2.05) is 0 Å². The first-order chi connectivity index (χ1) is 9.70. The summed E-state index contributed by atoms with van der Waals surface area (Å²) in [5.41, 5.74) is 6.14. The average Bonchev–Trinajstić information content (AvgIpc) is 2.37. The fourth-order valence-electron chi connectivity index (χ4n) is 1.79. The first-order valence-electron chi connectivity index (χ1n) is 5.91. The monoisotopic (exact) mass is 373 g/mol. The minimum absolute atomic E-state index is 0.0782. The number of nitrogens with zero attached hydrogens (tertiary/aromatic N) is 1. The van der Waals surface area contributed by atoms with Crippen LogP contribution < -0.4 is 10.5 Å². The zero-order chi connectivity index (χ0) is 15.8. The minimum Gasteiger partial charge on any atom is -0.396 e. The van der Waals surface area contributed by atoms with E-state index < -0.39 is 15.8 Å². The molecule has 1 aromatic heterocycles. The summed E-state index contributed by atoms with van der Waals surface area (Å²) in [7, 11) is -3.89. The van der Waals surface area contributed by atoms with E-state index in [0.29, 0.717) is 5.56 Å². The zero-order valence-electron chi connectivity index (χ0n) is 11.3. The highest BCUT2D eigenvalue weighted by molar-refractivity contribution is 9.10. The molecular weight excluding hydrogens is 361 g/mol. The summed E-state index contributed by atoms with van der Waals surface area (Å²) in [6, 6.07) is 3.92. The van der Waals surface area contributed by atoms with Crippen molar-refractivity contribution in [1.29, 1.82) is 0 Å². The summed E-state index contributed by atoms with van der Waals surface area (Å²) < 4.78 is 41.2. The maximum Gasteiger partial charge on any atom is 0.263 e. The van der Waals surface area contributed by atoms with E-state index in [2.05, 4.69) is 25.6 Å². The van der Waals surface area contributed by atoms with Crippen molar-refractivity contribution in [3.63, 3.8) is 0 Å². The summed E-state index contributed by atoms with van der Waals surface area (Å²) in [4.78, 5) is 3.94. The van der Waals surface area contributed by atoms with E-state index in [9.17, 15) is 12.8 Å². The molecule has 112 valence electrons. The van der Waals surface area contributed by atoms with Crippen molar-refractivity contribution in [3.8, 4) is 0 Å². The van der Waals surface area contributed by atoms with Gasteiger partial charge in [0, 0.05) is 10.7 Å². The quantitative estimate of drug-likeness (QED) is 0.809. The smallest absolute Gasteiger partial charge is 0.263 e. The lowest BCUT2D eigenvalue weighted by atomic mass is 10.2. The average molecular weight is 374 g/mol. The highest BCUT2D eigenvalue weighted by atomic mass is 79.9. The van der Waals surface area contributed by atoms with Crippen molar-refractivity contribution in [2.75, 3.05) is 10.5 Å². The number of sulfonamides is 1. The Morgan fingerprint density at radius 3 is 2.52 bits per heavy atom. The van der Waals surface area contributed by atoms with Crippen molar-refractivity contribution >= 4 is 37.5 Å². The molecular formula is C13H13BrFN3O2S. The van der Waals surface area contributed by atoms with Gasteiger partial charge in [0.2, 0.25) is 0 Å². The van der Waals surface area contributed by atoms with Crippen molar-refractivity contribution in [3.05, 3.63) is 45.8 Å². The summed E-state index contributed by atoms with van der Waals surface area (Å²) in [5.74, 6) is -0.440. The number of nitrogens with one attached hydrogen (secondary N) is 1. The Bertz CT molecular complexity index is 809. The maximum atomic E-state index is 13.3. The van der Waals surface area contributed by atoms with Crippen LogP contribution in [0, 0.1) is 19.7 Å². The van der Waals surface area contributed by atoms with Gasteiger partial charge in [-0.05, 0) is 59.1 Å². The second kappa shape index (κ2) is 5.61. The van der Waals surface area contributed by atoms with Crippen LogP contribution in [0.4, 0.5) is 15.9 Å². The molecule has 21 heavy (non-hydrogen) atoms. The molecule has 0 saturated carbocycles. The molecule has 0 bridgehead atoms. The number of anilines is 2. The number of aromatic nitrogens is 1. The molecule has 8 heteroatoms. The van der Waals surface area contributed by atoms with Crippen molar-refractivity contribution in [1.82, 2.24) is 4.98 Å². The molecule has 0 radical (unpaired) electrons. The van der Waals surface area contributed by atoms with Gasteiger partial charge < -0.3 is 5.73 Å². The normalized spacial score (nSPS) is 11.4. The molecule has 0 atom stereocenters. The number of nitrogens with two attached hydrogens (primary N) is 1. The lowest BCUT2D eigenvalue weighted by Crippen LogP contribution is -2.16. The summed E-state index contributed by atoms with van der Waals surface area (Å²) in [6.07, 6.45) is 1.48.